The fourth-order valence-electron chi connectivity index (χ4n) is 2.96. The topological polar surface area (TPSA) is 0 Å². The molecule has 0 fully saturated rings. The highest BCUT2D eigenvalue weighted by Crippen LogP contribution is 2.43. The number of benzene rings is 1. The largest absolute Gasteiger partial charge is 0.133 e. The van der Waals surface area contributed by atoms with Crippen LogP contribution in [0.15, 0.2) is 34.1 Å². The van der Waals surface area contributed by atoms with Crippen molar-refractivity contribution in [1.82, 2.24) is 0 Å². The van der Waals surface area contributed by atoms with E-state index in [0.717, 1.165) is 0 Å². The molecule has 3 heteroatoms. The Hall–Kier alpha value is -0.120. The minimum Gasteiger partial charge on any atom is -0.133 e. The number of fused-ring (bicyclic) bond motifs is 1. The van der Waals surface area contributed by atoms with Gasteiger partial charge in [-0.05, 0) is 70.8 Å². The first-order valence-electron chi connectivity index (χ1n) is 6.62. The molecule has 1 aliphatic carbocycles. The lowest BCUT2D eigenvalue weighted by molar-refractivity contribution is 0.452. The highest BCUT2D eigenvalue weighted by atomic mass is 79.9. The van der Waals surface area contributed by atoms with Gasteiger partial charge in [-0.2, -0.15) is 0 Å². The van der Waals surface area contributed by atoms with E-state index in [4.69, 9.17) is 0 Å². The van der Waals surface area contributed by atoms with E-state index in [1.54, 1.807) is 5.56 Å². The summed E-state index contributed by atoms with van der Waals surface area (Å²) in [5.74, 6) is 0.704. The molecular formula is C16H16Br2S. The molecule has 2 unspecified atom stereocenters. The molecule has 0 aliphatic heterocycles. The first-order valence-corrected chi connectivity index (χ1v) is 9.14. The lowest BCUT2D eigenvalue weighted by Crippen LogP contribution is -2.18. The summed E-state index contributed by atoms with van der Waals surface area (Å²) < 4.78 is 1.24. The van der Waals surface area contributed by atoms with Crippen LogP contribution in [-0.2, 0) is 12.8 Å². The van der Waals surface area contributed by atoms with E-state index in [1.807, 2.05) is 11.3 Å². The van der Waals surface area contributed by atoms with Gasteiger partial charge in [0.05, 0.1) is 3.79 Å². The summed E-state index contributed by atoms with van der Waals surface area (Å²) in [5, 5.41) is 0. The van der Waals surface area contributed by atoms with Crippen LogP contribution in [-0.4, -0.2) is 0 Å². The summed E-state index contributed by atoms with van der Waals surface area (Å²) in [6.07, 6.45) is 3.69. The van der Waals surface area contributed by atoms with Crippen LogP contribution in [0.3, 0.4) is 0 Å². The zero-order chi connectivity index (χ0) is 13.4. The molecule has 1 aliphatic rings. The van der Waals surface area contributed by atoms with Crippen molar-refractivity contribution in [3.63, 3.8) is 0 Å². The van der Waals surface area contributed by atoms with Gasteiger partial charge in [0, 0.05) is 9.70 Å². The zero-order valence-corrected chi connectivity index (χ0v) is 14.8. The van der Waals surface area contributed by atoms with Crippen LogP contribution in [0, 0.1) is 12.8 Å². The van der Waals surface area contributed by atoms with Gasteiger partial charge in [-0.3, -0.25) is 0 Å². The third-order valence-electron chi connectivity index (χ3n) is 4.02. The average molecular weight is 400 g/mol. The van der Waals surface area contributed by atoms with Crippen LogP contribution < -0.4 is 0 Å². The maximum absolute atomic E-state index is 3.95. The second-order valence-electron chi connectivity index (χ2n) is 5.24. The van der Waals surface area contributed by atoms with E-state index >= 15 is 0 Å². The maximum atomic E-state index is 3.95. The Labute approximate surface area is 135 Å². The van der Waals surface area contributed by atoms with Crippen LogP contribution in [0.1, 0.15) is 32.8 Å². The minimum atomic E-state index is 0.475. The number of hydrogen-bond acceptors (Lipinski definition) is 1. The van der Waals surface area contributed by atoms with E-state index in [2.05, 4.69) is 69.1 Å². The molecular weight excluding hydrogens is 384 g/mol. The molecule has 0 radical (unpaired) electrons. The van der Waals surface area contributed by atoms with Gasteiger partial charge in [-0.1, -0.05) is 40.2 Å². The number of aryl methyl sites for hydroxylation is 2. The molecule has 1 aromatic heterocycles. The first-order chi connectivity index (χ1) is 9.15. The molecule has 2 aromatic rings. The van der Waals surface area contributed by atoms with Crippen molar-refractivity contribution < 1.29 is 0 Å². The Morgan fingerprint density at radius 2 is 2.00 bits per heavy atom. The van der Waals surface area contributed by atoms with Gasteiger partial charge in [0.15, 0.2) is 0 Å². The van der Waals surface area contributed by atoms with Crippen molar-refractivity contribution in [2.24, 2.45) is 5.92 Å². The molecule has 0 spiro atoms. The average Bonchev–Trinajstić information content (AvgIpc) is 2.76. The second-order valence-corrected chi connectivity index (χ2v) is 8.86. The Bertz CT molecular complexity index is 588. The quantitative estimate of drug-likeness (QED) is 0.538. The first kappa shape index (κ1) is 13.8. The van der Waals surface area contributed by atoms with E-state index in [-0.39, 0.29) is 0 Å². The molecule has 3 rings (SSSR count). The van der Waals surface area contributed by atoms with Crippen molar-refractivity contribution in [3.8, 4) is 0 Å². The normalized spacial score (nSPS) is 20.1. The number of thiophene rings is 1. The molecule has 19 heavy (non-hydrogen) atoms. The molecule has 0 bridgehead atoms. The standard InChI is InChI=1S/C16H16Br2S/c1-10-14(9-15(17)19-10)16(18)13-7-6-11-4-2-3-5-12(11)8-13/h2-5,9,13,16H,6-8H2,1H3. The lowest BCUT2D eigenvalue weighted by Gasteiger charge is -2.28. The molecule has 1 heterocycles. The number of halogens is 2. The third kappa shape index (κ3) is 2.84. The van der Waals surface area contributed by atoms with Gasteiger partial charge in [0.25, 0.3) is 0 Å². The Morgan fingerprint density at radius 3 is 2.68 bits per heavy atom. The molecule has 0 amide bonds. The molecule has 1 aromatic carbocycles. The summed E-state index contributed by atoms with van der Waals surface area (Å²) in [7, 11) is 0. The molecule has 0 N–H and O–H groups in total. The summed E-state index contributed by atoms with van der Waals surface area (Å²) in [4.78, 5) is 1.90. The van der Waals surface area contributed by atoms with Crippen LogP contribution in [0.2, 0.25) is 0 Å². The van der Waals surface area contributed by atoms with Crippen LogP contribution in [0.25, 0.3) is 0 Å². The summed E-state index contributed by atoms with van der Waals surface area (Å²) in [6, 6.07) is 11.2. The van der Waals surface area contributed by atoms with Crippen molar-refractivity contribution in [1.29, 1.82) is 0 Å². The van der Waals surface area contributed by atoms with Crippen molar-refractivity contribution in [3.05, 3.63) is 55.7 Å². The Morgan fingerprint density at radius 1 is 1.26 bits per heavy atom. The van der Waals surface area contributed by atoms with Crippen LogP contribution in [0.5, 0.6) is 0 Å². The maximum Gasteiger partial charge on any atom is 0.0704 e. The van der Waals surface area contributed by atoms with Gasteiger partial charge >= 0.3 is 0 Å². The van der Waals surface area contributed by atoms with E-state index < -0.39 is 0 Å². The molecule has 100 valence electrons. The molecule has 0 saturated carbocycles. The van der Waals surface area contributed by atoms with Gasteiger partial charge < -0.3 is 0 Å². The highest BCUT2D eigenvalue weighted by molar-refractivity contribution is 9.11. The number of rotatable bonds is 2. The monoisotopic (exact) mass is 398 g/mol. The van der Waals surface area contributed by atoms with E-state index in [0.29, 0.717) is 10.7 Å². The van der Waals surface area contributed by atoms with Gasteiger partial charge in [-0.15, -0.1) is 11.3 Å². The van der Waals surface area contributed by atoms with Gasteiger partial charge in [-0.25, -0.2) is 0 Å². The van der Waals surface area contributed by atoms with Gasteiger partial charge in [0.1, 0.15) is 0 Å². The predicted molar refractivity (Wildman–Crippen MR) is 90.4 cm³/mol. The lowest BCUT2D eigenvalue weighted by atomic mass is 9.81. The Kier molecular flexibility index (Phi) is 4.16. The predicted octanol–water partition coefficient (Wildman–Crippen LogP) is 6.06. The summed E-state index contributed by atoms with van der Waals surface area (Å²) in [5.41, 5.74) is 4.54. The van der Waals surface area contributed by atoms with Crippen LogP contribution in [0.4, 0.5) is 0 Å². The molecule has 0 nitrogen and oxygen atoms in total. The highest BCUT2D eigenvalue weighted by Gasteiger charge is 2.27. The fourth-order valence-corrected chi connectivity index (χ4v) is 5.80. The third-order valence-corrected chi connectivity index (χ3v) is 6.83. The van der Waals surface area contributed by atoms with E-state index in [9.17, 15) is 0 Å². The molecule has 0 saturated heterocycles. The van der Waals surface area contributed by atoms with Crippen molar-refractivity contribution in [2.75, 3.05) is 0 Å². The fraction of sp³-hybridized carbons (Fsp3) is 0.375. The van der Waals surface area contributed by atoms with Crippen molar-refractivity contribution >= 4 is 43.2 Å². The van der Waals surface area contributed by atoms with E-state index in [1.165, 1.54) is 39.1 Å². The SMILES string of the molecule is Cc1sc(Br)cc1C(Br)C1CCc2ccccc2C1. The summed E-state index contributed by atoms with van der Waals surface area (Å²) in [6.45, 7) is 2.22. The second kappa shape index (κ2) is 5.71. The zero-order valence-electron chi connectivity index (χ0n) is 10.8. The van der Waals surface area contributed by atoms with Crippen LogP contribution >= 0.6 is 43.2 Å². The number of hydrogen-bond donors (Lipinski definition) is 0. The summed E-state index contributed by atoms with van der Waals surface area (Å²) >= 11 is 9.38. The van der Waals surface area contributed by atoms with Crippen molar-refractivity contribution in [2.45, 2.75) is 31.0 Å². The molecule has 2 atom stereocenters. The minimum absolute atomic E-state index is 0.475. The smallest absolute Gasteiger partial charge is 0.0704 e. The Balaban J connectivity index is 1.83. The van der Waals surface area contributed by atoms with Gasteiger partial charge in [0.2, 0.25) is 0 Å². The number of alkyl halides is 1.